The van der Waals surface area contributed by atoms with Gasteiger partial charge in [-0.2, -0.15) is 5.10 Å². The number of amides is 2. The molecular formula is C13H15N3O3. The number of carbonyl (C=O) groups excluding carboxylic acids is 2. The number of anilines is 1. The lowest BCUT2D eigenvalue weighted by Crippen LogP contribution is -2.22. The fourth-order valence-corrected chi connectivity index (χ4v) is 1.58. The molecule has 2 rings (SSSR count). The summed E-state index contributed by atoms with van der Waals surface area (Å²) in [5.41, 5.74) is 3.05. The predicted octanol–water partition coefficient (Wildman–Crippen LogP) is 1.29. The third-order valence-corrected chi connectivity index (χ3v) is 2.39. The molecule has 0 radical (unpaired) electrons. The lowest BCUT2D eigenvalue weighted by Gasteiger charge is -2.10. The zero-order chi connectivity index (χ0) is 13.8. The van der Waals surface area contributed by atoms with Gasteiger partial charge in [0.1, 0.15) is 11.5 Å². The first-order valence-electron chi connectivity index (χ1n) is 5.98. The molecule has 1 aromatic carbocycles. The van der Waals surface area contributed by atoms with E-state index >= 15 is 0 Å². The van der Waals surface area contributed by atoms with Crippen LogP contribution in [0.25, 0.3) is 0 Å². The molecule has 0 saturated carbocycles. The molecule has 2 amide bonds. The summed E-state index contributed by atoms with van der Waals surface area (Å²) in [7, 11) is 0. The highest BCUT2D eigenvalue weighted by Gasteiger charge is 2.21. The topological polar surface area (TPSA) is 79.8 Å². The van der Waals surface area contributed by atoms with Gasteiger partial charge < -0.3 is 10.1 Å². The Hall–Kier alpha value is -2.37. The Labute approximate surface area is 110 Å². The molecule has 1 heterocycles. The molecule has 0 saturated heterocycles. The van der Waals surface area contributed by atoms with Crippen molar-refractivity contribution in [2.24, 2.45) is 5.10 Å². The largest absolute Gasteiger partial charge is 0.491 e. The van der Waals surface area contributed by atoms with Crippen molar-refractivity contribution >= 4 is 23.2 Å². The van der Waals surface area contributed by atoms with Gasteiger partial charge in [-0.25, -0.2) is 5.43 Å². The van der Waals surface area contributed by atoms with E-state index in [1.165, 1.54) is 0 Å². The normalized spacial score (nSPS) is 14.1. The van der Waals surface area contributed by atoms with E-state index in [1.807, 2.05) is 13.8 Å². The Kier molecular flexibility index (Phi) is 3.79. The van der Waals surface area contributed by atoms with Gasteiger partial charge in [0, 0.05) is 5.69 Å². The smallest absolute Gasteiger partial charge is 0.272 e. The van der Waals surface area contributed by atoms with E-state index in [-0.39, 0.29) is 30.1 Å². The highest BCUT2D eigenvalue weighted by molar-refractivity contribution is 6.46. The summed E-state index contributed by atoms with van der Waals surface area (Å²) < 4.78 is 5.50. The second-order valence-corrected chi connectivity index (χ2v) is 4.42. The maximum Gasteiger partial charge on any atom is 0.272 e. The summed E-state index contributed by atoms with van der Waals surface area (Å²) in [6.45, 7) is 3.88. The maximum absolute atomic E-state index is 11.8. The summed E-state index contributed by atoms with van der Waals surface area (Å²) in [5, 5.41) is 6.32. The Morgan fingerprint density at radius 1 is 1.37 bits per heavy atom. The van der Waals surface area contributed by atoms with Crippen LogP contribution in [0.4, 0.5) is 5.69 Å². The van der Waals surface area contributed by atoms with Crippen LogP contribution in [0, 0.1) is 0 Å². The number of nitrogens with zero attached hydrogens (tertiary/aromatic N) is 1. The van der Waals surface area contributed by atoms with E-state index < -0.39 is 0 Å². The van der Waals surface area contributed by atoms with Crippen LogP contribution in [-0.2, 0) is 9.59 Å². The van der Waals surface area contributed by atoms with Crippen LogP contribution in [-0.4, -0.2) is 23.6 Å². The first-order chi connectivity index (χ1) is 9.04. The second-order valence-electron chi connectivity index (χ2n) is 4.42. The van der Waals surface area contributed by atoms with Gasteiger partial charge in [-0.3, -0.25) is 9.59 Å². The Balaban J connectivity index is 1.96. The minimum Gasteiger partial charge on any atom is -0.491 e. The van der Waals surface area contributed by atoms with Gasteiger partial charge in [0.15, 0.2) is 0 Å². The van der Waals surface area contributed by atoms with Crippen molar-refractivity contribution in [3.63, 3.8) is 0 Å². The summed E-state index contributed by atoms with van der Waals surface area (Å²) >= 11 is 0. The minimum absolute atomic E-state index is 0.0143. The predicted molar refractivity (Wildman–Crippen MR) is 71.0 cm³/mol. The molecule has 2 N–H and O–H groups in total. The van der Waals surface area contributed by atoms with Crippen molar-refractivity contribution < 1.29 is 14.3 Å². The van der Waals surface area contributed by atoms with Crippen molar-refractivity contribution in [1.82, 2.24) is 5.43 Å². The van der Waals surface area contributed by atoms with E-state index in [1.54, 1.807) is 24.3 Å². The van der Waals surface area contributed by atoms with Crippen LogP contribution in [0.3, 0.4) is 0 Å². The quantitative estimate of drug-likeness (QED) is 0.857. The average molecular weight is 261 g/mol. The molecule has 19 heavy (non-hydrogen) atoms. The first-order valence-corrected chi connectivity index (χ1v) is 5.98. The lowest BCUT2D eigenvalue weighted by molar-refractivity contribution is -0.119. The number of hydrogen-bond acceptors (Lipinski definition) is 4. The molecule has 6 nitrogen and oxygen atoms in total. The fourth-order valence-electron chi connectivity index (χ4n) is 1.58. The van der Waals surface area contributed by atoms with Gasteiger partial charge >= 0.3 is 0 Å². The molecule has 0 unspecified atom stereocenters. The van der Waals surface area contributed by atoms with Crippen LogP contribution >= 0.6 is 0 Å². The van der Waals surface area contributed by atoms with E-state index in [2.05, 4.69) is 15.8 Å². The second kappa shape index (κ2) is 5.51. The van der Waals surface area contributed by atoms with Crippen molar-refractivity contribution in [3.8, 4) is 5.75 Å². The van der Waals surface area contributed by atoms with Crippen molar-refractivity contribution in [3.05, 3.63) is 24.3 Å². The lowest BCUT2D eigenvalue weighted by atomic mass is 10.2. The van der Waals surface area contributed by atoms with Crippen LogP contribution in [0.5, 0.6) is 5.75 Å². The highest BCUT2D eigenvalue weighted by atomic mass is 16.5. The molecule has 1 aromatic rings. The number of ether oxygens (including phenoxy) is 1. The van der Waals surface area contributed by atoms with Crippen LogP contribution in [0.15, 0.2) is 29.4 Å². The van der Waals surface area contributed by atoms with Gasteiger partial charge in [-0.05, 0) is 38.1 Å². The first kappa shape index (κ1) is 13.1. The number of hydrogen-bond donors (Lipinski definition) is 2. The van der Waals surface area contributed by atoms with Crippen molar-refractivity contribution in [2.45, 2.75) is 26.4 Å². The number of carbonyl (C=O) groups is 2. The van der Waals surface area contributed by atoms with Crippen LogP contribution < -0.4 is 15.5 Å². The zero-order valence-corrected chi connectivity index (χ0v) is 10.8. The molecule has 0 spiro atoms. The van der Waals surface area contributed by atoms with Crippen molar-refractivity contribution in [2.75, 3.05) is 5.32 Å². The van der Waals surface area contributed by atoms with Crippen LogP contribution in [0.1, 0.15) is 20.3 Å². The summed E-state index contributed by atoms with van der Waals surface area (Å²) in [4.78, 5) is 22.7. The number of rotatable bonds is 4. The van der Waals surface area contributed by atoms with E-state index in [9.17, 15) is 9.59 Å². The fraction of sp³-hybridized carbons (Fsp3) is 0.308. The SMILES string of the molecule is CC(C)Oc1ccc(NC(=O)C2=NNC(=O)C2)cc1. The van der Waals surface area contributed by atoms with Gasteiger partial charge in [0.2, 0.25) is 5.91 Å². The summed E-state index contributed by atoms with van der Waals surface area (Å²) in [6.07, 6.45) is 0.116. The Morgan fingerprint density at radius 3 is 2.58 bits per heavy atom. The molecule has 0 aliphatic carbocycles. The molecule has 0 fully saturated rings. The van der Waals surface area contributed by atoms with E-state index in [0.717, 1.165) is 5.75 Å². The standard InChI is InChI=1S/C13H15N3O3/c1-8(2)19-10-5-3-9(4-6-10)14-13(18)11-7-12(17)16-15-11/h3-6,8H,7H2,1-2H3,(H,14,18)(H,16,17). The van der Waals surface area contributed by atoms with Gasteiger partial charge in [-0.1, -0.05) is 0 Å². The zero-order valence-electron chi connectivity index (χ0n) is 10.8. The molecule has 6 heteroatoms. The third-order valence-electron chi connectivity index (χ3n) is 2.39. The molecule has 0 atom stereocenters. The molecule has 0 aromatic heterocycles. The average Bonchev–Trinajstić information content (AvgIpc) is 2.78. The number of nitrogens with one attached hydrogen (secondary N) is 2. The molecule has 1 aliphatic rings. The van der Waals surface area contributed by atoms with E-state index in [4.69, 9.17) is 4.74 Å². The van der Waals surface area contributed by atoms with Gasteiger partial charge in [0.05, 0.1) is 12.5 Å². The number of benzene rings is 1. The molecular weight excluding hydrogens is 246 g/mol. The molecule has 1 aliphatic heterocycles. The summed E-state index contributed by atoms with van der Waals surface area (Å²) in [6, 6.07) is 7.02. The summed E-state index contributed by atoms with van der Waals surface area (Å²) in [5.74, 6) is 0.0877. The maximum atomic E-state index is 11.8. The number of hydrazone groups is 1. The molecule has 100 valence electrons. The third kappa shape index (κ3) is 3.54. The van der Waals surface area contributed by atoms with Gasteiger partial charge in [0.25, 0.3) is 5.91 Å². The Bertz CT molecular complexity index is 520. The highest BCUT2D eigenvalue weighted by Crippen LogP contribution is 2.17. The van der Waals surface area contributed by atoms with Gasteiger partial charge in [-0.15, -0.1) is 0 Å². The monoisotopic (exact) mass is 261 g/mol. The Morgan fingerprint density at radius 2 is 2.05 bits per heavy atom. The van der Waals surface area contributed by atoms with Crippen LogP contribution in [0.2, 0.25) is 0 Å². The van der Waals surface area contributed by atoms with E-state index in [0.29, 0.717) is 5.69 Å². The van der Waals surface area contributed by atoms with Crippen molar-refractivity contribution in [1.29, 1.82) is 0 Å². The minimum atomic E-state index is -0.379. The molecule has 0 bridgehead atoms.